The molecule has 0 radical (unpaired) electrons. The van der Waals surface area contributed by atoms with Crippen molar-refractivity contribution < 1.29 is 27.1 Å². The third-order valence-electron chi connectivity index (χ3n) is 7.03. The number of nitrogens with two attached hydrogens (primary N) is 1. The second kappa shape index (κ2) is 13.4. The number of carbonyl (C=O) groups is 1. The van der Waals surface area contributed by atoms with E-state index in [2.05, 4.69) is 39.2 Å². The van der Waals surface area contributed by atoms with Gasteiger partial charge >= 0.3 is 12.6 Å². The molecule has 4 rings (SSSR count). The van der Waals surface area contributed by atoms with Crippen molar-refractivity contribution in [3.8, 4) is 0 Å². The van der Waals surface area contributed by atoms with E-state index in [0.29, 0.717) is 41.9 Å². The first-order valence-corrected chi connectivity index (χ1v) is 14.3. The van der Waals surface area contributed by atoms with Crippen LogP contribution in [0.3, 0.4) is 0 Å². The number of benzene rings is 1. The van der Waals surface area contributed by atoms with Gasteiger partial charge in [0.15, 0.2) is 0 Å². The summed E-state index contributed by atoms with van der Waals surface area (Å²) in [5.41, 5.74) is 8.72. The fourth-order valence-corrected chi connectivity index (χ4v) is 6.14. The van der Waals surface area contributed by atoms with Crippen LogP contribution in [0.5, 0.6) is 0 Å². The van der Waals surface area contributed by atoms with Crippen molar-refractivity contribution in [3.63, 3.8) is 0 Å². The number of nitrogens with zero attached hydrogens (tertiary/aromatic N) is 2. The first-order chi connectivity index (χ1) is 19.5. The highest BCUT2D eigenvalue weighted by atomic mass is 32.2. The van der Waals surface area contributed by atoms with Crippen LogP contribution in [0.25, 0.3) is 0 Å². The van der Waals surface area contributed by atoms with Gasteiger partial charge in [0.05, 0.1) is 24.5 Å². The molecule has 0 aromatic heterocycles. The van der Waals surface area contributed by atoms with E-state index in [4.69, 9.17) is 15.5 Å². The van der Waals surface area contributed by atoms with Crippen molar-refractivity contribution in [1.82, 2.24) is 20.9 Å². The monoisotopic (exact) mass is 599 g/mol. The van der Waals surface area contributed by atoms with Gasteiger partial charge in [0.2, 0.25) is 0 Å². The van der Waals surface area contributed by atoms with Crippen molar-refractivity contribution in [1.29, 1.82) is 0 Å². The highest BCUT2D eigenvalue weighted by molar-refractivity contribution is 8.05. The molecule has 0 spiro atoms. The van der Waals surface area contributed by atoms with Crippen LogP contribution in [-0.4, -0.2) is 79.0 Å². The zero-order chi connectivity index (χ0) is 29.7. The average Bonchev–Trinajstić information content (AvgIpc) is 3.71. The zero-order valence-electron chi connectivity index (χ0n) is 23.2. The van der Waals surface area contributed by atoms with Crippen LogP contribution in [0.1, 0.15) is 39.2 Å². The smallest absolute Gasteiger partial charge is 0.319 e. The minimum atomic E-state index is -2.69. The molecule has 2 unspecified atom stereocenters. The highest BCUT2D eigenvalue weighted by Crippen LogP contribution is 2.57. The van der Waals surface area contributed by atoms with Crippen molar-refractivity contribution in [2.75, 3.05) is 31.6 Å². The maximum absolute atomic E-state index is 13.1. The van der Waals surface area contributed by atoms with Crippen LogP contribution in [0.15, 0.2) is 51.6 Å². The van der Waals surface area contributed by atoms with Gasteiger partial charge in [0.25, 0.3) is 6.43 Å². The van der Waals surface area contributed by atoms with E-state index in [-0.39, 0.29) is 17.0 Å². The number of amidine groups is 1. The predicted molar refractivity (Wildman–Crippen MR) is 153 cm³/mol. The molecule has 0 bridgehead atoms. The van der Waals surface area contributed by atoms with Gasteiger partial charge in [0, 0.05) is 46.2 Å². The van der Waals surface area contributed by atoms with E-state index >= 15 is 0 Å². The number of morpholine rings is 1. The van der Waals surface area contributed by atoms with E-state index < -0.39 is 31.6 Å². The topological polar surface area (TPSA) is 116 Å². The lowest BCUT2D eigenvalue weighted by atomic mass is 10.1. The molecule has 14 heteroatoms. The number of amides is 2. The molecule has 3 atom stereocenters. The lowest BCUT2D eigenvalue weighted by Crippen LogP contribution is -2.50. The van der Waals surface area contributed by atoms with Gasteiger partial charge in [-0.3, -0.25) is 4.90 Å². The maximum atomic E-state index is 13.1. The molecule has 2 aliphatic heterocycles. The summed E-state index contributed by atoms with van der Waals surface area (Å²) < 4.78 is 56.2. The molecule has 1 aromatic carbocycles. The minimum absolute atomic E-state index is 0.132. The van der Waals surface area contributed by atoms with E-state index in [1.165, 1.54) is 11.8 Å². The second-order valence-corrected chi connectivity index (χ2v) is 11.8. The predicted octanol–water partition coefficient (Wildman–Crippen LogP) is 4.01. The number of hydrogen-bond acceptors (Lipinski definition) is 8. The summed E-state index contributed by atoms with van der Waals surface area (Å²) in [7, 11) is 0. The Bertz CT molecular complexity index is 1170. The van der Waals surface area contributed by atoms with Gasteiger partial charge in [-0.15, -0.1) is 11.8 Å². The summed E-state index contributed by atoms with van der Waals surface area (Å²) in [5.74, 6) is 0.625. The number of allylic oxidation sites excluding steroid dienone is 1. The fourth-order valence-electron chi connectivity index (χ4n) is 4.79. The molecule has 9 nitrogen and oxygen atoms in total. The molecule has 2 heterocycles. The van der Waals surface area contributed by atoms with Crippen molar-refractivity contribution in [2.45, 2.75) is 69.6 Å². The summed E-state index contributed by atoms with van der Waals surface area (Å²) in [4.78, 5) is 19.8. The van der Waals surface area contributed by atoms with Gasteiger partial charge in [-0.1, -0.05) is 0 Å². The maximum Gasteiger partial charge on any atom is 0.319 e. The lowest BCUT2D eigenvalue weighted by molar-refractivity contribution is -0.0120. The number of thioether (sulfide) groups is 1. The number of ether oxygens (including phenoxy) is 1. The SMILES string of the molecule is C/C(NC(F)F)=C(\SC1(C2=CC(N3CCOC[C@@H]3C)N=C(c3ccc(NC(=O)NCC(F)F)cc3)N2)CC1)C(C)N. The molecule has 2 amide bonds. The van der Waals surface area contributed by atoms with E-state index in [0.717, 1.165) is 24.1 Å². The quantitative estimate of drug-likeness (QED) is 0.193. The van der Waals surface area contributed by atoms with Crippen molar-refractivity contribution >= 4 is 29.3 Å². The summed E-state index contributed by atoms with van der Waals surface area (Å²) in [6, 6.07) is 5.89. The number of alkyl halides is 4. The Morgan fingerprint density at radius 3 is 2.56 bits per heavy atom. The van der Waals surface area contributed by atoms with Crippen LogP contribution in [-0.2, 0) is 4.74 Å². The molecule has 1 aliphatic carbocycles. The number of aliphatic imine (C=N–C) groups is 1. The molecular formula is C27H37F4N7O2S. The molecule has 3 aliphatic rings. The van der Waals surface area contributed by atoms with Crippen LogP contribution in [0, 0.1) is 0 Å². The molecule has 1 saturated carbocycles. The van der Waals surface area contributed by atoms with Gasteiger partial charge in [0.1, 0.15) is 12.0 Å². The number of rotatable bonds is 11. The molecule has 226 valence electrons. The Labute approximate surface area is 241 Å². The second-order valence-electron chi connectivity index (χ2n) is 10.4. The number of halogens is 4. The first-order valence-electron chi connectivity index (χ1n) is 13.5. The number of hydrogen-bond donors (Lipinski definition) is 5. The molecule has 6 N–H and O–H groups in total. The zero-order valence-corrected chi connectivity index (χ0v) is 24.0. The number of anilines is 1. The largest absolute Gasteiger partial charge is 0.379 e. The van der Waals surface area contributed by atoms with Crippen LogP contribution < -0.4 is 27.0 Å². The van der Waals surface area contributed by atoms with Crippen LogP contribution >= 0.6 is 11.8 Å². The molecule has 2 fully saturated rings. The molecule has 41 heavy (non-hydrogen) atoms. The lowest BCUT2D eigenvalue weighted by Gasteiger charge is -2.39. The Kier molecular flexibility index (Phi) is 10.2. The fraction of sp³-hybridized carbons (Fsp3) is 0.556. The third kappa shape index (κ3) is 8.15. The number of urea groups is 1. The van der Waals surface area contributed by atoms with Gasteiger partial charge < -0.3 is 31.7 Å². The van der Waals surface area contributed by atoms with E-state index in [1.807, 2.05) is 0 Å². The standard InChI is InChI=1S/C27H37F4N7O2S/c1-15-14-40-11-10-38(15)22-12-20(27(8-9-27)41-23(16(2)32)17(3)34-25(30)31)36-24(37-22)18-4-6-19(7-5-18)35-26(39)33-13-21(28)29/h4-7,12,15-16,21-22,25,34H,8-11,13-14,32H2,1-3H3,(H,36,37)(H2,33,35,39)/b23-17+/t15-,16?,22?/m0/s1. The first kappa shape index (κ1) is 31.1. The Balaban J connectivity index is 1.59. The van der Waals surface area contributed by atoms with Crippen molar-refractivity contribution in [2.24, 2.45) is 10.7 Å². The summed E-state index contributed by atoms with van der Waals surface area (Å²) in [6.07, 6.45) is 0.857. The number of nitrogens with one attached hydrogen (secondary N) is 4. The average molecular weight is 600 g/mol. The summed E-state index contributed by atoms with van der Waals surface area (Å²) in [5, 5.41) is 10.3. The normalized spacial score (nSPS) is 23.7. The Morgan fingerprint density at radius 2 is 1.98 bits per heavy atom. The van der Waals surface area contributed by atoms with E-state index in [9.17, 15) is 22.4 Å². The van der Waals surface area contributed by atoms with Crippen LogP contribution in [0.4, 0.5) is 28.0 Å². The van der Waals surface area contributed by atoms with Crippen LogP contribution in [0.2, 0.25) is 0 Å². The molecular weight excluding hydrogens is 562 g/mol. The van der Waals surface area contributed by atoms with E-state index in [1.54, 1.807) is 38.1 Å². The van der Waals surface area contributed by atoms with Gasteiger partial charge in [-0.2, -0.15) is 8.78 Å². The van der Waals surface area contributed by atoms with Gasteiger partial charge in [-0.25, -0.2) is 18.6 Å². The third-order valence-corrected chi connectivity index (χ3v) is 8.95. The minimum Gasteiger partial charge on any atom is -0.379 e. The summed E-state index contributed by atoms with van der Waals surface area (Å²) >= 11 is 1.51. The summed E-state index contributed by atoms with van der Waals surface area (Å²) in [6.45, 7) is 3.93. The Morgan fingerprint density at radius 1 is 1.27 bits per heavy atom. The molecule has 1 saturated heterocycles. The molecule has 1 aromatic rings. The van der Waals surface area contributed by atoms with Crippen molar-refractivity contribution in [3.05, 3.63) is 52.2 Å². The highest BCUT2D eigenvalue weighted by Gasteiger charge is 2.50. The Hall–Kier alpha value is -2.81. The van der Waals surface area contributed by atoms with Gasteiger partial charge in [-0.05, 0) is 64.0 Å². The number of carbonyl (C=O) groups excluding carboxylic acids is 1.